The molecule has 5 heteroatoms. The number of aromatic nitrogens is 3. The number of hydrogen-bond acceptors (Lipinski definition) is 4. The SMILES string of the molecule is CC(C)Oc1ccc(C(C)C)c(Nc2ncn(-c3ccccc3)n2)c1. The topological polar surface area (TPSA) is 52.0 Å². The largest absolute Gasteiger partial charge is 0.491 e. The zero-order valence-electron chi connectivity index (χ0n) is 15.1. The number of nitrogens with zero attached hydrogens (tertiary/aromatic N) is 3. The van der Waals surface area contributed by atoms with Crippen molar-refractivity contribution < 1.29 is 4.74 Å². The molecule has 0 aliphatic carbocycles. The van der Waals surface area contributed by atoms with E-state index in [-0.39, 0.29) is 6.10 Å². The molecule has 0 bridgehead atoms. The summed E-state index contributed by atoms with van der Waals surface area (Å²) < 4.78 is 7.57. The second-order valence-electron chi connectivity index (χ2n) is 6.54. The van der Waals surface area contributed by atoms with Gasteiger partial charge < -0.3 is 10.1 Å². The van der Waals surface area contributed by atoms with E-state index in [1.54, 1.807) is 11.0 Å². The molecule has 0 unspecified atom stereocenters. The number of benzene rings is 2. The molecule has 0 atom stereocenters. The molecule has 2 aromatic carbocycles. The van der Waals surface area contributed by atoms with Gasteiger partial charge in [0.15, 0.2) is 0 Å². The van der Waals surface area contributed by atoms with E-state index in [0.29, 0.717) is 11.9 Å². The number of hydrogen-bond donors (Lipinski definition) is 1. The van der Waals surface area contributed by atoms with Crippen LogP contribution in [0.15, 0.2) is 54.9 Å². The molecule has 3 rings (SSSR count). The molecule has 5 nitrogen and oxygen atoms in total. The van der Waals surface area contributed by atoms with Gasteiger partial charge in [-0.3, -0.25) is 0 Å². The first-order valence-electron chi connectivity index (χ1n) is 8.57. The summed E-state index contributed by atoms with van der Waals surface area (Å²) in [6.07, 6.45) is 1.84. The van der Waals surface area contributed by atoms with Gasteiger partial charge in [-0.2, -0.15) is 4.98 Å². The first-order chi connectivity index (χ1) is 12.0. The van der Waals surface area contributed by atoms with Gasteiger partial charge in [0, 0.05) is 11.8 Å². The summed E-state index contributed by atoms with van der Waals surface area (Å²) in [5, 5.41) is 7.86. The van der Waals surface area contributed by atoms with Crippen molar-refractivity contribution >= 4 is 11.6 Å². The number of ether oxygens (including phenoxy) is 1. The fraction of sp³-hybridized carbons (Fsp3) is 0.300. The van der Waals surface area contributed by atoms with E-state index in [4.69, 9.17) is 4.74 Å². The Morgan fingerprint density at radius 3 is 2.44 bits per heavy atom. The molecule has 0 radical (unpaired) electrons. The fourth-order valence-electron chi connectivity index (χ4n) is 2.64. The Bertz CT molecular complexity index is 825. The Morgan fingerprint density at radius 2 is 1.76 bits per heavy atom. The summed E-state index contributed by atoms with van der Waals surface area (Å²) in [6.45, 7) is 8.37. The Kier molecular flexibility index (Phi) is 5.03. The van der Waals surface area contributed by atoms with Crippen molar-refractivity contribution in [3.8, 4) is 11.4 Å². The van der Waals surface area contributed by atoms with Gasteiger partial charge in [0.2, 0.25) is 5.95 Å². The van der Waals surface area contributed by atoms with Crippen LogP contribution in [-0.4, -0.2) is 20.9 Å². The Morgan fingerprint density at radius 1 is 1.00 bits per heavy atom. The molecule has 1 N–H and O–H groups in total. The lowest BCUT2D eigenvalue weighted by Gasteiger charge is -2.16. The molecule has 0 aliphatic rings. The van der Waals surface area contributed by atoms with Crippen LogP contribution in [0.1, 0.15) is 39.2 Å². The van der Waals surface area contributed by atoms with Gasteiger partial charge in [-0.05, 0) is 43.5 Å². The molecule has 130 valence electrons. The third kappa shape index (κ3) is 4.18. The fourth-order valence-corrected chi connectivity index (χ4v) is 2.64. The Balaban J connectivity index is 1.87. The predicted octanol–water partition coefficient (Wildman–Crippen LogP) is 4.92. The van der Waals surface area contributed by atoms with E-state index in [1.807, 2.05) is 56.3 Å². The minimum Gasteiger partial charge on any atom is -0.491 e. The highest BCUT2D eigenvalue weighted by Crippen LogP contribution is 2.30. The molecule has 1 aromatic heterocycles. The molecule has 0 spiro atoms. The van der Waals surface area contributed by atoms with Crippen LogP contribution in [0, 0.1) is 0 Å². The Labute approximate surface area is 148 Å². The first kappa shape index (κ1) is 17.0. The lowest BCUT2D eigenvalue weighted by molar-refractivity contribution is 0.242. The Hall–Kier alpha value is -2.82. The van der Waals surface area contributed by atoms with Crippen LogP contribution in [0.4, 0.5) is 11.6 Å². The number of rotatable bonds is 6. The van der Waals surface area contributed by atoms with E-state index >= 15 is 0 Å². The zero-order chi connectivity index (χ0) is 17.8. The summed E-state index contributed by atoms with van der Waals surface area (Å²) in [5.41, 5.74) is 3.15. The molecular formula is C20H24N4O. The highest BCUT2D eigenvalue weighted by Gasteiger charge is 2.11. The quantitative estimate of drug-likeness (QED) is 0.694. The van der Waals surface area contributed by atoms with Gasteiger partial charge in [0.05, 0.1) is 11.8 Å². The third-order valence-corrected chi connectivity index (χ3v) is 3.78. The maximum atomic E-state index is 5.82. The molecule has 1 heterocycles. The minimum absolute atomic E-state index is 0.133. The van der Waals surface area contributed by atoms with Crippen LogP contribution in [-0.2, 0) is 0 Å². The summed E-state index contributed by atoms with van der Waals surface area (Å²) in [5.74, 6) is 1.78. The molecular weight excluding hydrogens is 312 g/mol. The second kappa shape index (κ2) is 7.38. The predicted molar refractivity (Wildman–Crippen MR) is 101 cm³/mol. The molecule has 0 saturated carbocycles. The third-order valence-electron chi connectivity index (χ3n) is 3.78. The van der Waals surface area contributed by atoms with Gasteiger partial charge in [0.1, 0.15) is 12.1 Å². The zero-order valence-corrected chi connectivity index (χ0v) is 15.1. The molecule has 3 aromatic rings. The number of para-hydroxylation sites is 1. The van der Waals surface area contributed by atoms with Crippen molar-refractivity contribution in [2.45, 2.75) is 39.7 Å². The van der Waals surface area contributed by atoms with Crippen LogP contribution in [0.5, 0.6) is 5.75 Å². The highest BCUT2D eigenvalue weighted by molar-refractivity contribution is 5.62. The van der Waals surface area contributed by atoms with Crippen molar-refractivity contribution in [1.82, 2.24) is 14.8 Å². The van der Waals surface area contributed by atoms with Gasteiger partial charge in [-0.25, -0.2) is 4.68 Å². The minimum atomic E-state index is 0.133. The molecule has 25 heavy (non-hydrogen) atoms. The van der Waals surface area contributed by atoms with Crippen molar-refractivity contribution in [2.75, 3.05) is 5.32 Å². The summed E-state index contributed by atoms with van der Waals surface area (Å²) in [6, 6.07) is 16.0. The number of nitrogens with one attached hydrogen (secondary N) is 1. The second-order valence-corrected chi connectivity index (χ2v) is 6.54. The molecule has 0 fully saturated rings. The van der Waals surface area contributed by atoms with Gasteiger partial charge in [0.25, 0.3) is 0 Å². The molecule has 0 aliphatic heterocycles. The van der Waals surface area contributed by atoms with Gasteiger partial charge >= 0.3 is 0 Å². The van der Waals surface area contributed by atoms with Gasteiger partial charge in [-0.15, -0.1) is 5.10 Å². The lowest BCUT2D eigenvalue weighted by atomic mass is 10.0. The van der Waals surface area contributed by atoms with E-state index in [2.05, 4.69) is 35.3 Å². The van der Waals surface area contributed by atoms with Crippen LogP contribution in [0.25, 0.3) is 5.69 Å². The van der Waals surface area contributed by atoms with Crippen LogP contribution in [0.2, 0.25) is 0 Å². The van der Waals surface area contributed by atoms with E-state index in [1.165, 1.54) is 5.56 Å². The van der Waals surface area contributed by atoms with Crippen molar-refractivity contribution in [2.24, 2.45) is 0 Å². The number of anilines is 2. The van der Waals surface area contributed by atoms with Gasteiger partial charge in [-0.1, -0.05) is 38.1 Å². The normalized spacial score (nSPS) is 11.1. The highest BCUT2D eigenvalue weighted by atomic mass is 16.5. The summed E-state index contributed by atoms with van der Waals surface area (Å²) in [4.78, 5) is 4.38. The van der Waals surface area contributed by atoms with E-state index < -0.39 is 0 Å². The summed E-state index contributed by atoms with van der Waals surface area (Å²) >= 11 is 0. The lowest BCUT2D eigenvalue weighted by Crippen LogP contribution is -2.07. The first-order valence-corrected chi connectivity index (χ1v) is 8.57. The van der Waals surface area contributed by atoms with Crippen LogP contribution >= 0.6 is 0 Å². The molecule has 0 amide bonds. The average molecular weight is 336 g/mol. The summed E-state index contributed by atoms with van der Waals surface area (Å²) in [7, 11) is 0. The van der Waals surface area contributed by atoms with Crippen LogP contribution < -0.4 is 10.1 Å². The molecule has 0 saturated heterocycles. The smallest absolute Gasteiger partial charge is 0.246 e. The van der Waals surface area contributed by atoms with Crippen molar-refractivity contribution in [3.63, 3.8) is 0 Å². The van der Waals surface area contributed by atoms with E-state index in [9.17, 15) is 0 Å². The van der Waals surface area contributed by atoms with E-state index in [0.717, 1.165) is 17.1 Å². The van der Waals surface area contributed by atoms with Crippen molar-refractivity contribution in [1.29, 1.82) is 0 Å². The van der Waals surface area contributed by atoms with Crippen molar-refractivity contribution in [3.05, 3.63) is 60.4 Å². The average Bonchev–Trinajstić information content (AvgIpc) is 3.03. The standard InChI is InChI=1S/C20H24N4O/c1-14(2)18-11-10-17(25-15(3)4)12-19(18)22-20-21-13-24(23-20)16-8-6-5-7-9-16/h5-15H,1-4H3,(H,22,23). The maximum absolute atomic E-state index is 5.82. The monoisotopic (exact) mass is 336 g/mol. The van der Waals surface area contributed by atoms with Crippen LogP contribution in [0.3, 0.4) is 0 Å². The maximum Gasteiger partial charge on any atom is 0.246 e.